The molecule has 1 fully saturated rings. The molecule has 2 aliphatic rings. The molecule has 3 rings (SSSR count). The van der Waals surface area contributed by atoms with Crippen molar-refractivity contribution in [2.75, 3.05) is 0 Å². The number of benzene rings is 1. The molecule has 3 heteroatoms. The van der Waals surface area contributed by atoms with Gasteiger partial charge in [-0.3, -0.25) is 0 Å². The lowest BCUT2D eigenvalue weighted by molar-refractivity contribution is 0.0199. The molecule has 0 amide bonds. The molecule has 1 aromatic rings. The number of ether oxygens (including phenoxy) is 1. The Hall–Kier alpha value is -0.730. The summed E-state index contributed by atoms with van der Waals surface area (Å²) in [4.78, 5) is 0. The van der Waals surface area contributed by atoms with Crippen LogP contribution in [-0.4, -0.2) is 5.60 Å². The smallest absolute Gasteiger partial charge is 0.125 e. The SMILES string of the molecule is CC(C)C1CCCC2(CC1)C[C@H](N)c1cc(Cl)ccc1O2. The Labute approximate surface area is 133 Å². The van der Waals surface area contributed by atoms with E-state index in [2.05, 4.69) is 13.8 Å². The van der Waals surface area contributed by atoms with Crippen LogP contribution in [0.1, 0.15) is 64.0 Å². The summed E-state index contributed by atoms with van der Waals surface area (Å²) in [6.45, 7) is 4.68. The third-order valence-corrected chi connectivity index (χ3v) is 5.65. The van der Waals surface area contributed by atoms with Crippen LogP contribution in [0.2, 0.25) is 5.02 Å². The first kappa shape index (κ1) is 15.2. The van der Waals surface area contributed by atoms with Gasteiger partial charge in [-0.2, -0.15) is 0 Å². The van der Waals surface area contributed by atoms with Gasteiger partial charge in [0.2, 0.25) is 0 Å². The first-order valence-electron chi connectivity index (χ1n) is 8.23. The highest BCUT2D eigenvalue weighted by molar-refractivity contribution is 6.30. The van der Waals surface area contributed by atoms with Crippen LogP contribution in [0, 0.1) is 11.8 Å². The van der Waals surface area contributed by atoms with Crippen molar-refractivity contribution in [1.82, 2.24) is 0 Å². The molecule has 1 saturated carbocycles. The van der Waals surface area contributed by atoms with Gasteiger partial charge >= 0.3 is 0 Å². The molecular weight excluding hydrogens is 282 g/mol. The minimum absolute atomic E-state index is 0.0445. The second-order valence-corrected chi connectivity index (χ2v) is 7.65. The first-order valence-corrected chi connectivity index (χ1v) is 8.61. The maximum Gasteiger partial charge on any atom is 0.125 e. The highest BCUT2D eigenvalue weighted by Gasteiger charge is 2.41. The third kappa shape index (κ3) is 3.07. The van der Waals surface area contributed by atoms with Gasteiger partial charge in [0.05, 0.1) is 0 Å². The molecule has 0 radical (unpaired) electrons. The average Bonchev–Trinajstić information content (AvgIpc) is 2.63. The second kappa shape index (κ2) is 5.81. The van der Waals surface area contributed by atoms with E-state index < -0.39 is 0 Å². The first-order chi connectivity index (χ1) is 9.99. The molecule has 0 bridgehead atoms. The number of hydrogen-bond acceptors (Lipinski definition) is 2. The fourth-order valence-corrected chi connectivity index (χ4v) is 4.25. The predicted octanol–water partition coefficient (Wildman–Crippen LogP) is 5.10. The molecule has 21 heavy (non-hydrogen) atoms. The molecule has 1 spiro atoms. The molecule has 2 nitrogen and oxygen atoms in total. The topological polar surface area (TPSA) is 35.2 Å². The zero-order valence-electron chi connectivity index (χ0n) is 13.1. The summed E-state index contributed by atoms with van der Waals surface area (Å²) in [5.74, 6) is 2.54. The summed E-state index contributed by atoms with van der Waals surface area (Å²) in [5.41, 5.74) is 7.44. The van der Waals surface area contributed by atoms with Crippen molar-refractivity contribution in [2.24, 2.45) is 17.6 Å². The quantitative estimate of drug-likeness (QED) is 0.783. The van der Waals surface area contributed by atoms with Crippen LogP contribution in [0.5, 0.6) is 5.75 Å². The number of hydrogen-bond donors (Lipinski definition) is 1. The Bertz CT molecular complexity index is 516. The summed E-state index contributed by atoms with van der Waals surface area (Å²) >= 11 is 6.09. The van der Waals surface area contributed by atoms with Crippen LogP contribution in [0.25, 0.3) is 0 Å². The highest BCUT2D eigenvalue weighted by atomic mass is 35.5. The van der Waals surface area contributed by atoms with Crippen LogP contribution in [0.4, 0.5) is 0 Å². The number of nitrogens with two attached hydrogens (primary N) is 1. The largest absolute Gasteiger partial charge is 0.487 e. The molecule has 116 valence electrons. The highest BCUT2D eigenvalue weighted by Crippen LogP contribution is 2.46. The normalized spacial score (nSPS) is 32.6. The Morgan fingerprint density at radius 1 is 1.29 bits per heavy atom. The van der Waals surface area contributed by atoms with E-state index in [-0.39, 0.29) is 11.6 Å². The molecule has 2 unspecified atom stereocenters. The number of halogens is 1. The van der Waals surface area contributed by atoms with Gasteiger partial charge in [0.25, 0.3) is 0 Å². The van der Waals surface area contributed by atoms with Crippen molar-refractivity contribution < 1.29 is 4.74 Å². The van der Waals surface area contributed by atoms with Gasteiger partial charge < -0.3 is 10.5 Å². The maximum atomic E-state index is 6.46. The van der Waals surface area contributed by atoms with Crippen molar-refractivity contribution in [3.8, 4) is 5.75 Å². The Morgan fingerprint density at radius 3 is 2.86 bits per heavy atom. The van der Waals surface area contributed by atoms with E-state index in [9.17, 15) is 0 Å². The zero-order chi connectivity index (χ0) is 15.0. The summed E-state index contributed by atoms with van der Waals surface area (Å²) in [6, 6.07) is 5.90. The fourth-order valence-electron chi connectivity index (χ4n) is 4.06. The van der Waals surface area contributed by atoms with Gasteiger partial charge in [0.1, 0.15) is 11.4 Å². The van der Waals surface area contributed by atoms with Crippen LogP contribution < -0.4 is 10.5 Å². The van der Waals surface area contributed by atoms with Gasteiger partial charge in [0, 0.05) is 23.0 Å². The molecule has 0 aromatic heterocycles. The van der Waals surface area contributed by atoms with Crippen LogP contribution in [0.15, 0.2) is 18.2 Å². The van der Waals surface area contributed by atoms with Crippen molar-refractivity contribution in [2.45, 2.75) is 64.0 Å². The molecule has 1 aliphatic heterocycles. The average molecular weight is 308 g/mol. The van der Waals surface area contributed by atoms with Crippen LogP contribution in [-0.2, 0) is 0 Å². The molecule has 1 heterocycles. The monoisotopic (exact) mass is 307 g/mol. The molecular formula is C18H26ClNO. The lowest BCUT2D eigenvalue weighted by atomic mass is 9.81. The van der Waals surface area contributed by atoms with Gasteiger partial charge in [-0.15, -0.1) is 0 Å². The van der Waals surface area contributed by atoms with Gasteiger partial charge in [-0.25, -0.2) is 0 Å². The summed E-state index contributed by atoms with van der Waals surface area (Å²) in [6.07, 6.45) is 7.01. The molecule has 1 aromatic carbocycles. The summed E-state index contributed by atoms with van der Waals surface area (Å²) in [7, 11) is 0. The van der Waals surface area contributed by atoms with E-state index in [1.165, 1.54) is 19.3 Å². The summed E-state index contributed by atoms with van der Waals surface area (Å²) < 4.78 is 6.46. The van der Waals surface area contributed by atoms with Gasteiger partial charge in [-0.05, 0) is 55.7 Å². The van der Waals surface area contributed by atoms with Crippen molar-refractivity contribution in [3.63, 3.8) is 0 Å². The standard InChI is InChI=1S/C18H26ClNO/c1-12(2)13-4-3-8-18(9-7-13)11-16(20)15-10-14(19)5-6-17(15)21-18/h5-6,10,12-13,16H,3-4,7-9,11,20H2,1-2H3/t13?,16-,18?/m0/s1. The fraction of sp³-hybridized carbons (Fsp3) is 0.667. The van der Waals surface area contributed by atoms with E-state index in [0.717, 1.165) is 47.4 Å². The minimum Gasteiger partial charge on any atom is -0.487 e. The number of rotatable bonds is 1. The van der Waals surface area contributed by atoms with Gasteiger partial charge in [-0.1, -0.05) is 31.9 Å². The van der Waals surface area contributed by atoms with Crippen molar-refractivity contribution in [1.29, 1.82) is 0 Å². The molecule has 2 N–H and O–H groups in total. The second-order valence-electron chi connectivity index (χ2n) is 7.21. The van der Waals surface area contributed by atoms with E-state index in [1.807, 2.05) is 18.2 Å². The van der Waals surface area contributed by atoms with Crippen molar-refractivity contribution in [3.05, 3.63) is 28.8 Å². The Balaban J connectivity index is 1.82. The van der Waals surface area contributed by atoms with Gasteiger partial charge in [0.15, 0.2) is 0 Å². The van der Waals surface area contributed by atoms with Crippen LogP contribution >= 0.6 is 11.6 Å². The molecule has 0 saturated heterocycles. The lowest BCUT2D eigenvalue weighted by Crippen LogP contribution is -2.42. The number of fused-ring (bicyclic) bond motifs is 1. The maximum absolute atomic E-state index is 6.46. The van der Waals surface area contributed by atoms with E-state index >= 15 is 0 Å². The predicted molar refractivity (Wildman–Crippen MR) is 87.8 cm³/mol. The Kier molecular flexibility index (Phi) is 4.20. The van der Waals surface area contributed by atoms with E-state index in [1.54, 1.807) is 0 Å². The van der Waals surface area contributed by atoms with E-state index in [0.29, 0.717) is 0 Å². The van der Waals surface area contributed by atoms with E-state index in [4.69, 9.17) is 22.1 Å². The lowest BCUT2D eigenvalue weighted by Gasteiger charge is -2.41. The van der Waals surface area contributed by atoms with Crippen molar-refractivity contribution >= 4 is 11.6 Å². The Morgan fingerprint density at radius 2 is 2.10 bits per heavy atom. The minimum atomic E-state index is -0.0517. The zero-order valence-corrected chi connectivity index (χ0v) is 13.8. The summed E-state index contributed by atoms with van der Waals surface area (Å²) in [5, 5.41) is 0.740. The molecule has 3 atom stereocenters. The third-order valence-electron chi connectivity index (χ3n) is 5.41. The van der Waals surface area contributed by atoms with Crippen LogP contribution in [0.3, 0.4) is 0 Å². The molecule has 1 aliphatic carbocycles.